The summed E-state index contributed by atoms with van der Waals surface area (Å²) in [5.41, 5.74) is 0.177. The van der Waals surface area contributed by atoms with Gasteiger partial charge < -0.3 is 10.6 Å². The van der Waals surface area contributed by atoms with Crippen LogP contribution < -0.4 is 10.6 Å². The van der Waals surface area contributed by atoms with Crippen LogP contribution in [0.15, 0.2) is 23.2 Å². The number of alkyl halides is 2. The molecule has 11 heteroatoms. The molecular weight excluding hydrogens is 514 g/mol. The molecule has 0 unspecified atom stereocenters. The van der Waals surface area contributed by atoms with E-state index in [9.17, 15) is 26.8 Å². The number of benzene rings is 1. The Morgan fingerprint density at radius 3 is 2.50 bits per heavy atom. The van der Waals surface area contributed by atoms with Crippen molar-refractivity contribution in [3.63, 3.8) is 0 Å². The van der Waals surface area contributed by atoms with Gasteiger partial charge in [0.1, 0.15) is 17.0 Å². The number of sulfonamides is 1. The number of halogens is 2. The highest BCUT2D eigenvalue weighted by molar-refractivity contribution is 7.89. The molecule has 4 rings (SSSR count). The van der Waals surface area contributed by atoms with E-state index in [1.807, 2.05) is 19.1 Å². The van der Waals surface area contributed by atoms with E-state index in [1.165, 1.54) is 11.2 Å². The summed E-state index contributed by atoms with van der Waals surface area (Å²) in [5, 5.41) is 5.63. The highest BCUT2D eigenvalue weighted by Gasteiger charge is 2.49. The molecule has 0 atom stereocenters. The lowest BCUT2D eigenvalue weighted by atomic mass is 9.77. The summed E-state index contributed by atoms with van der Waals surface area (Å²) >= 11 is 0. The third-order valence-electron chi connectivity index (χ3n) is 8.26. The molecule has 2 amide bonds. The van der Waals surface area contributed by atoms with Gasteiger partial charge in [0.25, 0.3) is 5.91 Å². The van der Waals surface area contributed by atoms with Gasteiger partial charge in [0, 0.05) is 31.6 Å². The van der Waals surface area contributed by atoms with Gasteiger partial charge in [-0.1, -0.05) is 6.07 Å². The monoisotopic (exact) mass is 552 g/mol. The van der Waals surface area contributed by atoms with Crippen LogP contribution in [0.2, 0.25) is 0 Å². The van der Waals surface area contributed by atoms with Crippen molar-refractivity contribution in [3.05, 3.63) is 29.3 Å². The van der Waals surface area contributed by atoms with E-state index in [4.69, 9.17) is 4.99 Å². The first-order chi connectivity index (χ1) is 18.0. The Labute approximate surface area is 223 Å². The van der Waals surface area contributed by atoms with Crippen LogP contribution in [-0.4, -0.2) is 67.1 Å². The molecule has 1 saturated carbocycles. The molecule has 0 bridgehead atoms. The first kappa shape index (κ1) is 28.6. The van der Waals surface area contributed by atoms with Crippen molar-refractivity contribution >= 4 is 33.4 Å². The summed E-state index contributed by atoms with van der Waals surface area (Å²) in [6, 6.07) is 5.42. The number of anilines is 1. The third-order valence-corrected chi connectivity index (χ3v) is 10.1. The van der Waals surface area contributed by atoms with E-state index in [1.54, 1.807) is 6.07 Å². The Hall–Kier alpha value is -2.40. The first-order valence-corrected chi connectivity index (χ1v) is 15.1. The summed E-state index contributed by atoms with van der Waals surface area (Å²) in [6.07, 6.45) is 3.21. The van der Waals surface area contributed by atoms with E-state index in [0.717, 1.165) is 11.1 Å². The average Bonchev–Trinajstić information content (AvgIpc) is 3.18. The Morgan fingerprint density at radius 1 is 1.21 bits per heavy atom. The maximum Gasteiger partial charge on any atom is 0.253 e. The van der Waals surface area contributed by atoms with Gasteiger partial charge in [0.05, 0.1) is 12.4 Å². The van der Waals surface area contributed by atoms with Crippen molar-refractivity contribution in [2.24, 2.45) is 10.9 Å². The van der Waals surface area contributed by atoms with Crippen LogP contribution in [0.5, 0.6) is 0 Å². The molecule has 1 aromatic rings. The van der Waals surface area contributed by atoms with Gasteiger partial charge in [-0.15, -0.1) is 0 Å². The summed E-state index contributed by atoms with van der Waals surface area (Å²) < 4.78 is 55.0. The normalized spacial score (nSPS) is 25.7. The Kier molecular flexibility index (Phi) is 8.56. The zero-order chi connectivity index (χ0) is 27.6. The molecule has 2 N–H and O–H groups in total. The summed E-state index contributed by atoms with van der Waals surface area (Å²) in [6.45, 7) is 3.24. The SMILES string of the molecule is CC(=O)Nc1ccc(CCS(=O)(=O)N2CCC3(CC2)N=C(C2CCC(F)(CCCF)CC2)NC3=O)c(C)c1. The molecule has 38 heavy (non-hydrogen) atoms. The largest absolute Gasteiger partial charge is 0.326 e. The van der Waals surface area contributed by atoms with Crippen molar-refractivity contribution in [1.29, 1.82) is 0 Å². The summed E-state index contributed by atoms with van der Waals surface area (Å²) in [7, 11) is -3.53. The van der Waals surface area contributed by atoms with Crippen LogP contribution in [0.4, 0.5) is 14.5 Å². The fraction of sp³-hybridized carbons (Fsp3) is 0.667. The molecule has 210 valence electrons. The van der Waals surface area contributed by atoms with Crippen LogP contribution in [0.25, 0.3) is 0 Å². The molecular formula is C27H38F2N4O4S. The predicted octanol–water partition coefficient (Wildman–Crippen LogP) is 3.84. The average molecular weight is 553 g/mol. The van der Waals surface area contributed by atoms with Gasteiger partial charge in [-0.2, -0.15) is 0 Å². The Bertz CT molecular complexity index is 1190. The van der Waals surface area contributed by atoms with Crippen molar-refractivity contribution in [1.82, 2.24) is 9.62 Å². The van der Waals surface area contributed by atoms with Crippen LogP contribution in [0.3, 0.4) is 0 Å². The van der Waals surface area contributed by atoms with E-state index < -0.39 is 27.9 Å². The van der Waals surface area contributed by atoms with Crippen molar-refractivity contribution < 1.29 is 26.8 Å². The van der Waals surface area contributed by atoms with E-state index in [2.05, 4.69) is 10.6 Å². The number of aryl methyl sites for hydroxylation is 2. The zero-order valence-corrected chi connectivity index (χ0v) is 23.0. The molecule has 2 aliphatic heterocycles. The van der Waals surface area contributed by atoms with Crippen molar-refractivity contribution in [3.8, 4) is 0 Å². The third kappa shape index (κ3) is 6.42. The van der Waals surface area contributed by atoms with Crippen LogP contribution in [0, 0.1) is 12.8 Å². The lowest BCUT2D eigenvalue weighted by Gasteiger charge is -2.35. The number of hydrogen-bond acceptors (Lipinski definition) is 5. The number of amidine groups is 1. The van der Waals surface area contributed by atoms with Gasteiger partial charge in [-0.25, -0.2) is 17.1 Å². The van der Waals surface area contributed by atoms with Gasteiger partial charge in [0.15, 0.2) is 0 Å². The fourth-order valence-electron chi connectivity index (χ4n) is 5.88. The maximum atomic E-state index is 14.9. The minimum atomic E-state index is -3.53. The number of aliphatic imine (C=N–C) groups is 1. The molecule has 0 aromatic heterocycles. The minimum Gasteiger partial charge on any atom is -0.326 e. The zero-order valence-electron chi connectivity index (χ0n) is 22.2. The van der Waals surface area contributed by atoms with Gasteiger partial charge in [0.2, 0.25) is 15.9 Å². The molecule has 8 nitrogen and oxygen atoms in total. The van der Waals surface area contributed by atoms with Crippen LogP contribution in [-0.2, 0) is 26.0 Å². The van der Waals surface area contributed by atoms with E-state index in [-0.39, 0.29) is 49.4 Å². The van der Waals surface area contributed by atoms with Crippen LogP contribution in [0.1, 0.15) is 69.4 Å². The standard InChI is InChI=1S/C27H38F2N4O4S/c1-19-18-23(30-20(2)34)5-4-21(19)8-17-38(36,37)33-15-12-27(13-16-33)25(35)31-24(32-27)22-6-10-26(29,11-7-22)9-3-14-28/h4-5,18,22H,3,6-17H2,1-2H3,(H,30,34)(H,31,32,35). The quantitative estimate of drug-likeness (QED) is 0.485. The van der Waals surface area contributed by atoms with Gasteiger partial charge >= 0.3 is 0 Å². The highest BCUT2D eigenvalue weighted by Crippen LogP contribution is 2.41. The van der Waals surface area contributed by atoms with Crippen LogP contribution >= 0.6 is 0 Å². The summed E-state index contributed by atoms with van der Waals surface area (Å²) in [5.74, 6) is 0.150. The number of carbonyl (C=O) groups is 2. The predicted molar refractivity (Wildman–Crippen MR) is 143 cm³/mol. The Morgan fingerprint density at radius 2 is 1.89 bits per heavy atom. The molecule has 1 spiro atoms. The van der Waals surface area contributed by atoms with Crippen molar-refractivity contribution in [2.75, 3.05) is 30.8 Å². The molecule has 0 radical (unpaired) electrons. The molecule has 1 aliphatic carbocycles. The van der Waals surface area contributed by atoms with Gasteiger partial charge in [-0.3, -0.25) is 19.0 Å². The fourth-order valence-corrected chi connectivity index (χ4v) is 7.35. The lowest BCUT2D eigenvalue weighted by molar-refractivity contribution is -0.125. The molecule has 2 heterocycles. The summed E-state index contributed by atoms with van der Waals surface area (Å²) in [4.78, 5) is 29.0. The number of nitrogens with zero attached hydrogens (tertiary/aromatic N) is 2. The Balaban J connectivity index is 1.32. The number of hydrogen-bond donors (Lipinski definition) is 2. The number of rotatable bonds is 9. The number of carbonyl (C=O) groups excluding carboxylic acids is 2. The van der Waals surface area contributed by atoms with Crippen molar-refractivity contribution in [2.45, 2.75) is 82.8 Å². The highest BCUT2D eigenvalue weighted by atomic mass is 32.2. The second-order valence-corrected chi connectivity index (χ2v) is 13.1. The molecule has 1 aromatic carbocycles. The van der Waals surface area contributed by atoms with Gasteiger partial charge in [-0.05, 0) is 88.0 Å². The van der Waals surface area contributed by atoms with E-state index >= 15 is 0 Å². The number of nitrogens with one attached hydrogen (secondary N) is 2. The second-order valence-electron chi connectivity index (χ2n) is 11.0. The first-order valence-electron chi connectivity index (χ1n) is 13.5. The molecule has 1 saturated heterocycles. The number of piperidine rings is 1. The molecule has 3 aliphatic rings. The lowest BCUT2D eigenvalue weighted by Crippen LogP contribution is -2.51. The topological polar surface area (TPSA) is 108 Å². The minimum absolute atomic E-state index is 0.0328. The maximum absolute atomic E-state index is 14.9. The van der Waals surface area contributed by atoms with E-state index in [0.29, 0.717) is 56.5 Å². The molecule has 2 fully saturated rings. The number of amides is 2. The second kappa shape index (κ2) is 11.4. The smallest absolute Gasteiger partial charge is 0.253 e.